The Morgan fingerprint density at radius 3 is 2.94 bits per heavy atom. The summed E-state index contributed by atoms with van der Waals surface area (Å²) in [6.07, 6.45) is 1.45. The third kappa shape index (κ3) is 2.07. The Bertz CT molecular complexity index is 403. The first-order valence-corrected chi connectivity index (χ1v) is 6.05. The van der Waals surface area contributed by atoms with Gasteiger partial charge < -0.3 is 14.3 Å². The molecule has 4 heteroatoms. The van der Waals surface area contributed by atoms with E-state index in [-0.39, 0.29) is 5.92 Å². The lowest BCUT2D eigenvalue weighted by molar-refractivity contribution is -0.108. The first-order chi connectivity index (χ1) is 7.74. The van der Waals surface area contributed by atoms with Crippen molar-refractivity contribution in [2.24, 2.45) is 0 Å². The molecule has 3 nitrogen and oxygen atoms in total. The van der Waals surface area contributed by atoms with Crippen LogP contribution in [-0.4, -0.2) is 19.5 Å². The van der Waals surface area contributed by atoms with Gasteiger partial charge in [-0.2, -0.15) is 0 Å². The van der Waals surface area contributed by atoms with Gasteiger partial charge in [0.25, 0.3) is 0 Å². The minimum absolute atomic E-state index is 0.183. The van der Waals surface area contributed by atoms with E-state index < -0.39 is 0 Å². The van der Waals surface area contributed by atoms with Crippen LogP contribution < -0.4 is 9.47 Å². The molecule has 1 aromatic rings. The summed E-state index contributed by atoms with van der Waals surface area (Å²) in [6, 6.07) is 3.88. The normalized spacial score (nSPS) is 15.6. The van der Waals surface area contributed by atoms with Gasteiger partial charge in [0.1, 0.15) is 19.5 Å². The number of hydrogen-bond donors (Lipinski definition) is 0. The SMILES string of the molecule is CC(CC=O)c1ccc2c(c1Br)OCCO2. The second kappa shape index (κ2) is 4.87. The molecule has 0 spiro atoms. The van der Waals surface area contributed by atoms with Gasteiger partial charge >= 0.3 is 0 Å². The van der Waals surface area contributed by atoms with Gasteiger partial charge in [0.2, 0.25) is 0 Å². The number of ether oxygens (including phenoxy) is 2. The molecule has 1 heterocycles. The maximum Gasteiger partial charge on any atom is 0.175 e. The van der Waals surface area contributed by atoms with Gasteiger partial charge in [0.05, 0.1) is 4.47 Å². The zero-order valence-corrected chi connectivity index (χ0v) is 10.6. The molecule has 1 aliphatic rings. The molecule has 86 valence electrons. The third-order valence-corrected chi connectivity index (χ3v) is 3.48. The molecule has 0 radical (unpaired) electrons. The van der Waals surface area contributed by atoms with Crippen molar-refractivity contribution < 1.29 is 14.3 Å². The highest BCUT2D eigenvalue weighted by molar-refractivity contribution is 9.10. The molecule has 2 rings (SSSR count). The fourth-order valence-corrected chi connectivity index (χ4v) is 2.58. The number of fused-ring (bicyclic) bond motifs is 1. The lowest BCUT2D eigenvalue weighted by atomic mass is 9.98. The maximum atomic E-state index is 10.5. The van der Waals surface area contributed by atoms with Crippen molar-refractivity contribution in [2.75, 3.05) is 13.2 Å². The van der Waals surface area contributed by atoms with Crippen molar-refractivity contribution in [1.82, 2.24) is 0 Å². The molecule has 0 fully saturated rings. The molecule has 0 aromatic heterocycles. The van der Waals surface area contributed by atoms with Gasteiger partial charge in [-0.25, -0.2) is 0 Å². The number of hydrogen-bond acceptors (Lipinski definition) is 3. The first kappa shape index (κ1) is 11.5. The Morgan fingerprint density at radius 1 is 1.44 bits per heavy atom. The molecule has 1 aromatic carbocycles. The van der Waals surface area contributed by atoms with Gasteiger partial charge in [-0.1, -0.05) is 13.0 Å². The predicted octanol–water partition coefficient (Wildman–Crippen LogP) is 2.91. The first-order valence-electron chi connectivity index (χ1n) is 5.25. The molecular weight excluding hydrogens is 272 g/mol. The summed E-state index contributed by atoms with van der Waals surface area (Å²) in [5, 5.41) is 0. The largest absolute Gasteiger partial charge is 0.486 e. The van der Waals surface area contributed by atoms with Crippen molar-refractivity contribution in [3.63, 3.8) is 0 Å². The lowest BCUT2D eigenvalue weighted by Crippen LogP contribution is -2.16. The van der Waals surface area contributed by atoms with Crippen molar-refractivity contribution in [2.45, 2.75) is 19.3 Å². The Hall–Kier alpha value is -1.03. The van der Waals surface area contributed by atoms with Crippen LogP contribution in [0.15, 0.2) is 16.6 Å². The fraction of sp³-hybridized carbons (Fsp3) is 0.417. The van der Waals surface area contributed by atoms with Crippen LogP contribution in [0.5, 0.6) is 11.5 Å². The minimum Gasteiger partial charge on any atom is -0.486 e. The van der Waals surface area contributed by atoms with E-state index in [1.54, 1.807) is 0 Å². The van der Waals surface area contributed by atoms with Crippen molar-refractivity contribution in [3.8, 4) is 11.5 Å². The van der Waals surface area contributed by atoms with Gasteiger partial charge in [-0.15, -0.1) is 0 Å². The molecule has 0 amide bonds. The zero-order chi connectivity index (χ0) is 11.5. The molecule has 1 unspecified atom stereocenters. The van der Waals surface area contributed by atoms with Crippen LogP contribution in [-0.2, 0) is 4.79 Å². The molecule has 0 bridgehead atoms. The average Bonchev–Trinajstić information content (AvgIpc) is 2.30. The zero-order valence-electron chi connectivity index (χ0n) is 9.03. The summed E-state index contributed by atoms with van der Waals surface area (Å²) in [5.74, 6) is 1.70. The number of rotatable bonds is 3. The van der Waals surface area contributed by atoms with E-state index in [4.69, 9.17) is 9.47 Å². The second-order valence-corrected chi connectivity index (χ2v) is 4.59. The lowest BCUT2D eigenvalue weighted by Gasteiger charge is -2.22. The van der Waals surface area contributed by atoms with E-state index >= 15 is 0 Å². The second-order valence-electron chi connectivity index (χ2n) is 3.80. The van der Waals surface area contributed by atoms with Gasteiger partial charge in [-0.05, 0) is 33.5 Å². The molecule has 16 heavy (non-hydrogen) atoms. The highest BCUT2D eigenvalue weighted by Gasteiger charge is 2.20. The fourth-order valence-electron chi connectivity index (χ4n) is 1.75. The van der Waals surface area contributed by atoms with E-state index in [9.17, 15) is 4.79 Å². The summed E-state index contributed by atoms with van der Waals surface area (Å²) in [7, 11) is 0. The van der Waals surface area contributed by atoms with E-state index in [1.165, 1.54) is 0 Å². The molecule has 1 aliphatic heterocycles. The number of benzene rings is 1. The standard InChI is InChI=1S/C12H13BrO3/c1-8(4-5-14)9-2-3-10-12(11(9)13)16-7-6-15-10/h2-3,5,8H,4,6-7H2,1H3. The van der Waals surface area contributed by atoms with Gasteiger partial charge in [0, 0.05) is 6.42 Å². The average molecular weight is 285 g/mol. The van der Waals surface area contributed by atoms with Crippen LogP contribution in [0.2, 0.25) is 0 Å². The summed E-state index contributed by atoms with van der Waals surface area (Å²) < 4.78 is 11.9. The van der Waals surface area contributed by atoms with Crippen LogP contribution >= 0.6 is 15.9 Å². The van der Waals surface area contributed by atoms with Crippen LogP contribution in [0.1, 0.15) is 24.8 Å². The Kier molecular flexibility index (Phi) is 3.49. The molecule has 0 saturated carbocycles. The number of halogens is 1. The van der Waals surface area contributed by atoms with Crippen LogP contribution in [0.4, 0.5) is 0 Å². The van der Waals surface area contributed by atoms with Crippen LogP contribution in [0.25, 0.3) is 0 Å². The summed E-state index contributed by atoms with van der Waals surface area (Å²) >= 11 is 3.52. The van der Waals surface area contributed by atoms with E-state index in [1.807, 2.05) is 19.1 Å². The van der Waals surface area contributed by atoms with Crippen LogP contribution in [0.3, 0.4) is 0 Å². The summed E-state index contributed by atoms with van der Waals surface area (Å²) in [6.45, 7) is 3.17. The number of carbonyl (C=O) groups is 1. The van der Waals surface area contributed by atoms with E-state index in [0.717, 1.165) is 27.8 Å². The number of aldehydes is 1. The Morgan fingerprint density at radius 2 is 2.19 bits per heavy atom. The highest BCUT2D eigenvalue weighted by atomic mass is 79.9. The van der Waals surface area contributed by atoms with Gasteiger partial charge in [0.15, 0.2) is 11.5 Å². The summed E-state index contributed by atoms with van der Waals surface area (Å²) in [4.78, 5) is 10.5. The van der Waals surface area contributed by atoms with Gasteiger partial charge in [-0.3, -0.25) is 0 Å². The molecule has 0 N–H and O–H groups in total. The predicted molar refractivity (Wildman–Crippen MR) is 64.2 cm³/mol. The molecular formula is C12H13BrO3. The topological polar surface area (TPSA) is 35.5 Å². The molecule has 1 atom stereocenters. The quantitative estimate of drug-likeness (QED) is 0.801. The van der Waals surface area contributed by atoms with Crippen molar-refractivity contribution in [3.05, 3.63) is 22.2 Å². The Balaban J connectivity index is 2.37. The summed E-state index contributed by atoms with van der Waals surface area (Å²) in [5.41, 5.74) is 1.08. The minimum atomic E-state index is 0.183. The van der Waals surface area contributed by atoms with Crippen LogP contribution in [0, 0.1) is 0 Å². The van der Waals surface area contributed by atoms with Crippen molar-refractivity contribution >= 4 is 22.2 Å². The third-order valence-electron chi connectivity index (χ3n) is 2.66. The maximum absolute atomic E-state index is 10.5. The number of carbonyl (C=O) groups excluding carboxylic acids is 1. The van der Waals surface area contributed by atoms with E-state index in [2.05, 4.69) is 15.9 Å². The molecule has 0 aliphatic carbocycles. The monoisotopic (exact) mass is 284 g/mol. The smallest absolute Gasteiger partial charge is 0.175 e. The Labute approximate surface area is 103 Å². The van der Waals surface area contributed by atoms with E-state index in [0.29, 0.717) is 19.6 Å². The highest BCUT2D eigenvalue weighted by Crippen LogP contribution is 2.42. The van der Waals surface area contributed by atoms with Crippen molar-refractivity contribution in [1.29, 1.82) is 0 Å². The molecule has 0 saturated heterocycles.